The van der Waals surface area contributed by atoms with Gasteiger partial charge in [0.2, 0.25) is 11.8 Å². The topological polar surface area (TPSA) is 106 Å². The van der Waals surface area contributed by atoms with Crippen molar-refractivity contribution in [3.8, 4) is 0 Å². The van der Waals surface area contributed by atoms with Crippen LogP contribution >= 0.6 is 0 Å². The molecule has 1 aromatic rings. The molecule has 7 heteroatoms. The molecule has 0 aliphatic rings. The number of rotatable bonds is 7. The SMILES string of the molecule is CCNCc1nnc(NC(C)CC(N)=O)o1. The predicted molar refractivity (Wildman–Crippen MR) is 58.6 cm³/mol. The fourth-order valence-corrected chi connectivity index (χ4v) is 1.18. The average molecular weight is 227 g/mol. The number of nitrogens with zero attached hydrogens (tertiary/aromatic N) is 2. The first-order chi connectivity index (χ1) is 7.61. The summed E-state index contributed by atoms with van der Waals surface area (Å²) in [7, 11) is 0. The van der Waals surface area contributed by atoms with Gasteiger partial charge in [-0.3, -0.25) is 4.79 Å². The summed E-state index contributed by atoms with van der Waals surface area (Å²) in [6, 6.07) is 0.187. The van der Waals surface area contributed by atoms with Crippen molar-refractivity contribution in [2.75, 3.05) is 11.9 Å². The van der Waals surface area contributed by atoms with Crippen molar-refractivity contribution in [3.63, 3.8) is 0 Å². The molecule has 0 radical (unpaired) electrons. The predicted octanol–water partition coefficient (Wildman–Crippen LogP) is -0.145. The number of amides is 1. The first-order valence-electron chi connectivity index (χ1n) is 5.19. The Morgan fingerprint density at radius 3 is 2.94 bits per heavy atom. The van der Waals surface area contributed by atoms with E-state index in [4.69, 9.17) is 10.2 Å². The molecule has 0 spiro atoms. The van der Waals surface area contributed by atoms with Crippen LogP contribution in [0.3, 0.4) is 0 Å². The van der Waals surface area contributed by atoms with Crippen LogP contribution in [0.25, 0.3) is 0 Å². The van der Waals surface area contributed by atoms with Crippen LogP contribution < -0.4 is 16.4 Å². The van der Waals surface area contributed by atoms with Crippen LogP contribution in [0.2, 0.25) is 0 Å². The van der Waals surface area contributed by atoms with Gasteiger partial charge in [0.25, 0.3) is 0 Å². The van der Waals surface area contributed by atoms with E-state index in [1.807, 2.05) is 13.8 Å². The summed E-state index contributed by atoms with van der Waals surface area (Å²) in [5.41, 5.74) is 5.06. The van der Waals surface area contributed by atoms with Crippen molar-refractivity contribution in [2.45, 2.75) is 32.9 Å². The zero-order chi connectivity index (χ0) is 12.0. The molecular formula is C9H17N5O2. The highest BCUT2D eigenvalue weighted by atomic mass is 16.4. The van der Waals surface area contributed by atoms with Crippen LogP contribution in [0.5, 0.6) is 0 Å². The molecule has 90 valence electrons. The standard InChI is InChI=1S/C9H17N5O2/c1-3-11-5-8-13-14-9(16-8)12-6(2)4-7(10)15/h6,11H,3-5H2,1-2H3,(H2,10,15)(H,12,14). The lowest BCUT2D eigenvalue weighted by Crippen LogP contribution is -2.24. The van der Waals surface area contributed by atoms with E-state index in [9.17, 15) is 4.79 Å². The van der Waals surface area contributed by atoms with E-state index >= 15 is 0 Å². The van der Waals surface area contributed by atoms with Crippen LogP contribution in [-0.2, 0) is 11.3 Å². The monoisotopic (exact) mass is 227 g/mol. The molecule has 1 aromatic heterocycles. The zero-order valence-electron chi connectivity index (χ0n) is 9.49. The zero-order valence-corrected chi connectivity index (χ0v) is 9.49. The smallest absolute Gasteiger partial charge is 0.315 e. The number of nitrogens with one attached hydrogen (secondary N) is 2. The maximum Gasteiger partial charge on any atom is 0.315 e. The summed E-state index contributed by atoms with van der Waals surface area (Å²) in [6.07, 6.45) is 0.227. The van der Waals surface area contributed by atoms with Gasteiger partial charge in [0.15, 0.2) is 0 Å². The summed E-state index contributed by atoms with van der Waals surface area (Å²) < 4.78 is 5.29. The summed E-state index contributed by atoms with van der Waals surface area (Å²) >= 11 is 0. The third-order valence-electron chi connectivity index (χ3n) is 1.87. The van der Waals surface area contributed by atoms with Gasteiger partial charge in [0, 0.05) is 12.5 Å². The van der Waals surface area contributed by atoms with E-state index in [0.29, 0.717) is 18.5 Å². The van der Waals surface area contributed by atoms with Gasteiger partial charge in [-0.2, -0.15) is 0 Å². The van der Waals surface area contributed by atoms with Gasteiger partial charge in [-0.1, -0.05) is 12.0 Å². The van der Waals surface area contributed by atoms with Gasteiger partial charge in [-0.25, -0.2) is 0 Å². The molecule has 0 bridgehead atoms. The second-order valence-corrected chi connectivity index (χ2v) is 3.50. The molecule has 0 aromatic carbocycles. The van der Waals surface area contributed by atoms with Crippen molar-refractivity contribution in [1.82, 2.24) is 15.5 Å². The fraction of sp³-hybridized carbons (Fsp3) is 0.667. The number of nitrogens with two attached hydrogens (primary N) is 1. The first kappa shape index (κ1) is 12.4. The number of anilines is 1. The van der Waals surface area contributed by atoms with E-state index in [1.54, 1.807) is 0 Å². The van der Waals surface area contributed by atoms with Gasteiger partial charge in [0.05, 0.1) is 6.54 Å². The lowest BCUT2D eigenvalue weighted by molar-refractivity contribution is -0.118. The van der Waals surface area contributed by atoms with Crippen LogP contribution in [0, 0.1) is 0 Å². The minimum absolute atomic E-state index is 0.120. The number of primary amides is 1. The number of hydrogen-bond acceptors (Lipinski definition) is 6. The molecule has 0 fully saturated rings. The second-order valence-electron chi connectivity index (χ2n) is 3.50. The highest BCUT2D eigenvalue weighted by molar-refractivity contribution is 5.74. The Morgan fingerprint density at radius 1 is 1.56 bits per heavy atom. The van der Waals surface area contributed by atoms with Crippen LogP contribution in [-0.4, -0.2) is 28.7 Å². The van der Waals surface area contributed by atoms with Crippen LogP contribution in [0.4, 0.5) is 6.01 Å². The van der Waals surface area contributed by atoms with E-state index in [2.05, 4.69) is 20.8 Å². The van der Waals surface area contributed by atoms with Crippen molar-refractivity contribution in [2.24, 2.45) is 5.73 Å². The number of carbonyl (C=O) groups is 1. The Morgan fingerprint density at radius 2 is 2.31 bits per heavy atom. The number of aromatic nitrogens is 2. The molecule has 4 N–H and O–H groups in total. The molecule has 1 amide bonds. The highest BCUT2D eigenvalue weighted by Gasteiger charge is 2.10. The Hall–Kier alpha value is -1.63. The van der Waals surface area contributed by atoms with Crippen molar-refractivity contribution in [3.05, 3.63) is 5.89 Å². The second kappa shape index (κ2) is 6.06. The van der Waals surface area contributed by atoms with Crippen LogP contribution in [0.1, 0.15) is 26.2 Å². The Balaban J connectivity index is 2.42. The maximum absolute atomic E-state index is 10.7. The van der Waals surface area contributed by atoms with Crippen molar-refractivity contribution in [1.29, 1.82) is 0 Å². The Kier molecular flexibility index (Phi) is 4.71. The first-order valence-corrected chi connectivity index (χ1v) is 5.19. The Bertz CT molecular complexity index is 338. The molecule has 0 aliphatic heterocycles. The molecule has 1 heterocycles. The fourth-order valence-electron chi connectivity index (χ4n) is 1.18. The van der Waals surface area contributed by atoms with Gasteiger partial charge < -0.3 is 20.8 Å². The highest BCUT2D eigenvalue weighted by Crippen LogP contribution is 2.07. The van der Waals surface area contributed by atoms with E-state index in [1.165, 1.54) is 0 Å². The summed E-state index contributed by atoms with van der Waals surface area (Å²) in [5.74, 6) is 0.142. The van der Waals surface area contributed by atoms with Crippen LogP contribution in [0.15, 0.2) is 4.42 Å². The Labute approximate surface area is 93.8 Å². The summed E-state index contributed by atoms with van der Waals surface area (Å²) in [4.78, 5) is 10.7. The van der Waals surface area contributed by atoms with E-state index < -0.39 is 0 Å². The molecular weight excluding hydrogens is 210 g/mol. The molecule has 1 rings (SSSR count). The van der Waals surface area contributed by atoms with Gasteiger partial charge in [-0.05, 0) is 13.5 Å². The summed E-state index contributed by atoms with van der Waals surface area (Å²) in [5, 5.41) is 13.6. The van der Waals surface area contributed by atoms with E-state index in [-0.39, 0.29) is 18.4 Å². The van der Waals surface area contributed by atoms with Gasteiger partial charge in [-0.15, -0.1) is 5.10 Å². The lowest BCUT2D eigenvalue weighted by Gasteiger charge is -2.08. The largest absolute Gasteiger partial charge is 0.407 e. The van der Waals surface area contributed by atoms with Gasteiger partial charge >= 0.3 is 6.01 Å². The molecule has 0 saturated heterocycles. The minimum atomic E-state index is -0.368. The molecule has 0 saturated carbocycles. The third-order valence-corrected chi connectivity index (χ3v) is 1.87. The number of carbonyl (C=O) groups excluding carboxylic acids is 1. The minimum Gasteiger partial charge on any atom is -0.407 e. The number of hydrogen-bond donors (Lipinski definition) is 3. The average Bonchev–Trinajstić information content (AvgIpc) is 2.61. The molecule has 0 aliphatic carbocycles. The quantitative estimate of drug-likeness (QED) is 0.598. The lowest BCUT2D eigenvalue weighted by atomic mass is 10.2. The van der Waals surface area contributed by atoms with Gasteiger partial charge in [0.1, 0.15) is 0 Å². The normalized spacial score (nSPS) is 12.4. The van der Waals surface area contributed by atoms with Crippen molar-refractivity contribution < 1.29 is 9.21 Å². The molecule has 16 heavy (non-hydrogen) atoms. The van der Waals surface area contributed by atoms with E-state index in [0.717, 1.165) is 6.54 Å². The third kappa shape index (κ3) is 4.26. The summed E-state index contributed by atoms with van der Waals surface area (Å²) in [6.45, 7) is 5.18. The molecule has 1 unspecified atom stereocenters. The van der Waals surface area contributed by atoms with Crippen molar-refractivity contribution >= 4 is 11.9 Å². The molecule has 7 nitrogen and oxygen atoms in total. The molecule has 1 atom stereocenters. The maximum atomic E-state index is 10.7.